The van der Waals surface area contributed by atoms with E-state index in [-0.39, 0.29) is 18.2 Å². The van der Waals surface area contributed by atoms with Crippen LogP contribution in [0.15, 0.2) is 18.2 Å². The third kappa shape index (κ3) is 5.27. The zero-order valence-corrected chi connectivity index (χ0v) is 13.9. The summed E-state index contributed by atoms with van der Waals surface area (Å²) in [5.74, 6) is -0.177. The van der Waals surface area contributed by atoms with E-state index in [2.05, 4.69) is 6.92 Å². The summed E-state index contributed by atoms with van der Waals surface area (Å²) in [5.41, 5.74) is 2.14. The van der Waals surface area contributed by atoms with Gasteiger partial charge in [-0.15, -0.1) is 0 Å². The fraction of sp³-hybridized carbons (Fsp3) is 0.588. The van der Waals surface area contributed by atoms with Gasteiger partial charge in [-0.3, -0.25) is 4.79 Å². The van der Waals surface area contributed by atoms with Crippen molar-refractivity contribution in [2.45, 2.75) is 45.3 Å². The molecule has 0 amide bonds. The van der Waals surface area contributed by atoms with Crippen LogP contribution in [-0.4, -0.2) is 31.9 Å². The summed E-state index contributed by atoms with van der Waals surface area (Å²) in [5, 5.41) is 0.680. The fourth-order valence-corrected chi connectivity index (χ4v) is 2.56. The summed E-state index contributed by atoms with van der Waals surface area (Å²) in [6.45, 7) is 5.68. The van der Waals surface area contributed by atoms with Crippen molar-refractivity contribution in [2.24, 2.45) is 0 Å². The maximum Gasteiger partial charge on any atom is 0.306 e. The van der Waals surface area contributed by atoms with Crippen molar-refractivity contribution in [3.63, 3.8) is 0 Å². The predicted molar refractivity (Wildman–Crippen MR) is 85.1 cm³/mol. The number of carbonyl (C=O) groups excluding carboxylic acids is 1. The molecule has 1 heterocycles. The zero-order valence-electron chi connectivity index (χ0n) is 13.1. The van der Waals surface area contributed by atoms with Crippen LogP contribution in [0, 0.1) is 0 Å². The van der Waals surface area contributed by atoms with Gasteiger partial charge >= 0.3 is 5.97 Å². The molecule has 1 saturated heterocycles. The molecule has 1 fully saturated rings. The van der Waals surface area contributed by atoms with Gasteiger partial charge in [0.05, 0.1) is 25.9 Å². The maximum atomic E-state index is 11.6. The van der Waals surface area contributed by atoms with Gasteiger partial charge in [0.2, 0.25) is 0 Å². The standard InChI is InChI=1S/C17H23ClO4/c1-3-16(22-11-14-10-21-14)15-9-13(18)7-5-12(15)6-8-17(19)20-4-2/h5,7,9,14,16H,3-4,6,8,10-11H2,1-2H3/t14?,16-/m1/s1. The number of ether oxygens (including phenoxy) is 3. The Morgan fingerprint density at radius 3 is 2.86 bits per heavy atom. The Morgan fingerprint density at radius 1 is 1.45 bits per heavy atom. The molecule has 0 N–H and O–H groups in total. The molecule has 0 saturated carbocycles. The number of benzene rings is 1. The topological polar surface area (TPSA) is 48.1 Å². The Balaban J connectivity index is 2.05. The molecule has 122 valence electrons. The lowest BCUT2D eigenvalue weighted by molar-refractivity contribution is -0.143. The van der Waals surface area contributed by atoms with Gasteiger partial charge in [-0.2, -0.15) is 0 Å². The second-order valence-corrected chi connectivity index (χ2v) is 5.77. The van der Waals surface area contributed by atoms with Crippen molar-refractivity contribution in [1.82, 2.24) is 0 Å². The minimum atomic E-state index is -0.177. The molecule has 0 aliphatic carbocycles. The minimum Gasteiger partial charge on any atom is -0.466 e. The predicted octanol–water partition coefficient (Wildman–Crippen LogP) is 3.70. The molecule has 0 spiro atoms. The average Bonchev–Trinajstić information content (AvgIpc) is 3.31. The number of epoxide rings is 1. The first-order valence-electron chi connectivity index (χ1n) is 7.81. The third-order valence-electron chi connectivity index (χ3n) is 3.62. The third-order valence-corrected chi connectivity index (χ3v) is 3.85. The number of aryl methyl sites for hydroxylation is 1. The van der Waals surface area contributed by atoms with Crippen LogP contribution < -0.4 is 0 Å². The number of esters is 1. The van der Waals surface area contributed by atoms with Crippen molar-refractivity contribution >= 4 is 17.6 Å². The van der Waals surface area contributed by atoms with Crippen LogP contribution in [0.3, 0.4) is 0 Å². The molecule has 1 aliphatic heterocycles. The van der Waals surface area contributed by atoms with E-state index in [1.54, 1.807) is 0 Å². The van der Waals surface area contributed by atoms with Gasteiger partial charge < -0.3 is 14.2 Å². The van der Waals surface area contributed by atoms with E-state index in [0.29, 0.717) is 31.1 Å². The van der Waals surface area contributed by atoms with E-state index in [9.17, 15) is 4.79 Å². The van der Waals surface area contributed by atoms with Gasteiger partial charge in [0.25, 0.3) is 0 Å². The highest BCUT2D eigenvalue weighted by Gasteiger charge is 2.25. The molecule has 5 heteroatoms. The highest BCUT2D eigenvalue weighted by atomic mass is 35.5. The van der Waals surface area contributed by atoms with Crippen molar-refractivity contribution in [3.8, 4) is 0 Å². The Labute approximate surface area is 136 Å². The normalized spacial score (nSPS) is 18.0. The summed E-state index contributed by atoms with van der Waals surface area (Å²) in [6.07, 6.45) is 2.05. The SMILES string of the molecule is CCOC(=O)CCc1ccc(Cl)cc1[C@@H](CC)OCC1CO1. The first kappa shape index (κ1) is 17.3. The molecule has 2 atom stereocenters. The Kier molecular flexibility index (Phi) is 6.68. The van der Waals surface area contributed by atoms with E-state index in [4.69, 9.17) is 25.8 Å². The van der Waals surface area contributed by atoms with Crippen LogP contribution in [-0.2, 0) is 25.4 Å². The van der Waals surface area contributed by atoms with Crippen LogP contribution in [0.2, 0.25) is 5.02 Å². The summed E-state index contributed by atoms with van der Waals surface area (Å²) in [4.78, 5) is 11.6. The van der Waals surface area contributed by atoms with Crippen LogP contribution in [0.25, 0.3) is 0 Å². The van der Waals surface area contributed by atoms with E-state index in [0.717, 1.165) is 24.2 Å². The molecular formula is C17H23ClO4. The minimum absolute atomic E-state index is 0.0277. The van der Waals surface area contributed by atoms with E-state index in [1.165, 1.54) is 0 Å². The summed E-state index contributed by atoms with van der Waals surface area (Å²) in [7, 11) is 0. The molecule has 0 aromatic heterocycles. The summed E-state index contributed by atoms with van der Waals surface area (Å²) >= 11 is 6.13. The molecule has 22 heavy (non-hydrogen) atoms. The average molecular weight is 327 g/mol. The zero-order chi connectivity index (χ0) is 15.9. The lowest BCUT2D eigenvalue weighted by Gasteiger charge is -2.20. The molecule has 1 aromatic carbocycles. The fourth-order valence-electron chi connectivity index (χ4n) is 2.38. The van der Waals surface area contributed by atoms with E-state index in [1.807, 2.05) is 25.1 Å². The van der Waals surface area contributed by atoms with Crippen LogP contribution in [0.1, 0.15) is 43.9 Å². The van der Waals surface area contributed by atoms with Gasteiger partial charge in [-0.05, 0) is 43.0 Å². The number of hydrogen-bond donors (Lipinski definition) is 0. The lowest BCUT2D eigenvalue weighted by Crippen LogP contribution is -2.12. The molecule has 2 rings (SSSR count). The van der Waals surface area contributed by atoms with E-state index >= 15 is 0 Å². The van der Waals surface area contributed by atoms with Crippen molar-refractivity contribution in [2.75, 3.05) is 19.8 Å². The van der Waals surface area contributed by atoms with Gasteiger partial charge in [-0.25, -0.2) is 0 Å². The van der Waals surface area contributed by atoms with Gasteiger partial charge in [0.15, 0.2) is 0 Å². The first-order valence-corrected chi connectivity index (χ1v) is 8.19. The first-order chi connectivity index (χ1) is 10.6. The van der Waals surface area contributed by atoms with Crippen molar-refractivity contribution in [3.05, 3.63) is 34.3 Å². The highest BCUT2D eigenvalue weighted by Crippen LogP contribution is 2.29. The molecular weight excluding hydrogens is 304 g/mol. The van der Waals surface area contributed by atoms with Gasteiger partial charge in [0.1, 0.15) is 6.10 Å². The largest absolute Gasteiger partial charge is 0.466 e. The van der Waals surface area contributed by atoms with Crippen LogP contribution >= 0.6 is 11.6 Å². The van der Waals surface area contributed by atoms with Crippen molar-refractivity contribution < 1.29 is 19.0 Å². The number of carbonyl (C=O) groups is 1. The molecule has 1 aromatic rings. The second-order valence-electron chi connectivity index (χ2n) is 5.33. The Hall–Kier alpha value is -1.10. The molecule has 0 bridgehead atoms. The number of halogens is 1. The molecule has 4 nitrogen and oxygen atoms in total. The Morgan fingerprint density at radius 2 is 2.23 bits per heavy atom. The smallest absolute Gasteiger partial charge is 0.306 e. The maximum absolute atomic E-state index is 11.6. The van der Waals surface area contributed by atoms with E-state index < -0.39 is 0 Å². The molecule has 1 unspecified atom stereocenters. The summed E-state index contributed by atoms with van der Waals surface area (Å²) in [6, 6.07) is 5.75. The van der Waals surface area contributed by atoms with Crippen molar-refractivity contribution in [1.29, 1.82) is 0 Å². The number of hydrogen-bond acceptors (Lipinski definition) is 4. The highest BCUT2D eigenvalue weighted by molar-refractivity contribution is 6.30. The second kappa shape index (κ2) is 8.51. The monoisotopic (exact) mass is 326 g/mol. The Bertz CT molecular complexity index is 499. The van der Waals surface area contributed by atoms with Gasteiger partial charge in [0, 0.05) is 11.4 Å². The lowest BCUT2D eigenvalue weighted by atomic mass is 9.97. The molecule has 0 radical (unpaired) electrons. The van der Waals surface area contributed by atoms with Gasteiger partial charge in [-0.1, -0.05) is 24.6 Å². The molecule has 1 aliphatic rings. The van der Waals surface area contributed by atoms with Crippen LogP contribution in [0.5, 0.6) is 0 Å². The van der Waals surface area contributed by atoms with Crippen LogP contribution in [0.4, 0.5) is 0 Å². The summed E-state index contributed by atoms with van der Waals surface area (Å²) < 4.78 is 16.1. The number of rotatable bonds is 9. The quantitative estimate of drug-likeness (QED) is 0.513.